The molecular formula is C23H26N4O5S. The lowest BCUT2D eigenvalue weighted by Gasteiger charge is -2.32. The molecule has 10 heteroatoms. The molecule has 174 valence electrons. The van der Waals surface area contributed by atoms with E-state index in [1.807, 2.05) is 20.9 Å². The number of carbonyl (C=O) groups excluding carboxylic acids is 1. The zero-order chi connectivity index (χ0) is 23.9. The van der Waals surface area contributed by atoms with Crippen molar-refractivity contribution >= 4 is 32.5 Å². The normalized spacial score (nSPS) is 15.3. The second kappa shape index (κ2) is 8.60. The van der Waals surface area contributed by atoms with Crippen LogP contribution in [0.4, 0.5) is 5.69 Å². The van der Waals surface area contributed by atoms with Crippen molar-refractivity contribution in [1.82, 2.24) is 13.8 Å². The minimum atomic E-state index is -4.03. The SMILES string of the molecule is CC(C)c1ccc(S(=O)(=O)n2cc(C(=O)N3CCN(C)CC3)c3cc([N+](=O)[O-])ccc32)cc1. The van der Waals surface area contributed by atoms with Gasteiger partial charge in [-0.2, -0.15) is 0 Å². The minimum absolute atomic E-state index is 0.0840. The Kier molecular flexibility index (Phi) is 5.98. The zero-order valence-corrected chi connectivity index (χ0v) is 19.6. The number of carbonyl (C=O) groups is 1. The number of amides is 1. The molecule has 0 saturated carbocycles. The topological polar surface area (TPSA) is 106 Å². The van der Waals surface area contributed by atoms with Crippen LogP contribution in [0.1, 0.15) is 35.7 Å². The Morgan fingerprint density at radius 3 is 2.24 bits per heavy atom. The molecule has 0 radical (unpaired) electrons. The second-order valence-electron chi connectivity index (χ2n) is 8.62. The van der Waals surface area contributed by atoms with Crippen molar-refractivity contribution in [2.45, 2.75) is 24.7 Å². The second-order valence-corrected chi connectivity index (χ2v) is 10.4. The average molecular weight is 471 g/mol. The summed E-state index contributed by atoms with van der Waals surface area (Å²) >= 11 is 0. The van der Waals surface area contributed by atoms with E-state index in [2.05, 4.69) is 4.90 Å². The molecule has 1 aliphatic rings. The Labute approximate surface area is 192 Å². The summed E-state index contributed by atoms with van der Waals surface area (Å²) < 4.78 is 28.1. The van der Waals surface area contributed by atoms with Gasteiger partial charge in [0.15, 0.2) is 0 Å². The molecule has 1 aromatic heterocycles. The number of nitro benzene ring substituents is 1. The molecule has 4 rings (SSSR count). The molecular weight excluding hydrogens is 444 g/mol. The molecule has 0 spiro atoms. The van der Waals surface area contributed by atoms with Crippen LogP contribution in [0.2, 0.25) is 0 Å². The first-order chi connectivity index (χ1) is 15.6. The van der Waals surface area contributed by atoms with Crippen molar-refractivity contribution in [3.05, 3.63) is 69.9 Å². The summed E-state index contributed by atoms with van der Waals surface area (Å²) in [5.41, 5.74) is 1.17. The fourth-order valence-electron chi connectivity index (χ4n) is 3.99. The highest BCUT2D eigenvalue weighted by molar-refractivity contribution is 7.90. The summed E-state index contributed by atoms with van der Waals surface area (Å²) in [4.78, 5) is 28.0. The van der Waals surface area contributed by atoms with Crippen LogP contribution in [0, 0.1) is 10.1 Å². The molecule has 1 amide bonds. The van der Waals surface area contributed by atoms with E-state index >= 15 is 0 Å². The number of hydrogen-bond donors (Lipinski definition) is 0. The maximum atomic E-state index is 13.5. The van der Waals surface area contributed by atoms with E-state index < -0.39 is 14.9 Å². The lowest BCUT2D eigenvalue weighted by atomic mass is 10.0. The lowest BCUT2D eigenvalue weighted by Crippen LogP contribution is -2.47. The smallest absolute Gasteiger partial charge is 0.270 e. The van der Waals surface area contributed by atoms with E-state index in [1.54, 1.807) is 29.2 Å². The largest absolute Gasteiger partial charge is 0.336 e. The van der Waals surface area contributed by atoms with Gasteiger partial charge in [-0.05, 0) is 36.7 Å². The molecule has 2 heterocycles. The van der Waals surface area contributed by atoms with Crippen molar-refractivity contribution in [3.8, 4) is 0 Å². The number of rotatable bonds is 5. The van der Waals surface area contributed by atoms with Crippen LogP contribution in [0.25, 0.3) is 10.9 Å². The highest BCUT2D eigenvalue weighted by Gasteiger charge is 2.28. The van der Waals surface area contributed by atoms with E-state index in [1.165, 1.54) is 24.4 Å². The van der Waals surface area contributed by atoms with Gasteiger partial charge in [-0.3, -0.25) is 14.9 Å². The Balaban J connectivity index is 1.85. The van der Waals surface area contributed by atoms with E-state index in [-0.39, 0.29) is 38.9 Å². The van der Waals surface area contributed by atoms with Gasteiger partial charge in [-0.15, -0.1) is 0 Å². The number of likely N-dealkylation sites (N-methyl/N-ethyl adjacent to an activating group) is 1. The maximum Gasteiger partial charge on any atom is 0.270 e. The molecule has 3 aromatic rings. The first kappa shape index (κ1) is 22.9. The van der Waals surface area contributed by atoms with Gasteiger partial charge >= 0.3 is 0 Å². The molecule has 0 unspecified atom stereocenters. The van der Waals surface area contributed by atoms with Crippen LogP contribution >= 0.6 is 0 Å². The highest BCUT2D eigenvalue weighted by atomic mass is 32.2. The number of hydrogen-bond acceptors (Lipinski definition) is 6. The number of nitro groups is 1. The van der Waals surface area contributed by atoms with Crippen molar-refractivity contribution < 1.29 is 18.1 Å². The monoisotopic (exact) mass is 470 g/mol. The molecule has 0 atom stereocenters. The van der Waals surface area contributed by atoms with Crippen molar-refractivity contribution in [2.75, 3.05) is 33.2 Å². The fourth-order valence-corrected chi connectivity index (χ4v) is 5.36. The third kappa shape index (κ3) is 4.23. The van der Waals surface area contributed by atoms with Gasteiger partial charge in [0.05, 0.1) is 20.9 Å². The van der Waals surface area contributed by atoms with Gasteiger partial charge in [-0.25, -0.2) is 12.4 Å². The number of fused-ring (bicyclic) bond motifs is 1. The Bertz CT molecular complexity index is 1320. The molecule has 33 heavy (non-hydrogen) atoms. The number of piperazine rings is 1. The predicted molar refractivity (Wildman–Crippen MR) is 125 cm³/mol. The Morgan fingerprint density at radius 1 is 1.03 bits per heavy atom. The quantitative estimate of drug-likeness (QED) is 0.418. The summed E-state index contributed by atoms with van der Waals surface area (Å²) in [7, 11) is -2.06. The Hall–Kier alpha value is -3.24. The van der Waals surface area contributed by atoms with Crippen LogP contribution in [0.5, 0.6) is 0 Å². The third-order valence-corrected chi connectivity index (χ3v) is 7.78. The molecule has 1 saturated heterocycles. The molecule has 0 aliphatic carbocycles. The summed E-state index contributed by atoms with van der Waals surface area (Å²) in [5, 5.41) is 11.6. The predicted octanol–water partition coefficient (Wildman–Crippen LogP) is 3.30. The summed E-state index contributed by atoms with van der Waals surface area (Å²) in [6.07, 6.45) is 1.29. The van der Waals surface area contributed by atoms with Gasteiger partial charge in [0.25, 0.3) is 21.6 Å². The van der Waals surface area contributed by atoms with Crippen LogP contribution in [0.15, 0.2) is 53.6 Å². The minimum Gasteiger partial charge on any atom is -0.336 e. The number of benzene rings is 2. The number of nitrogens with zero attached hydrogens (tertiary/aromatic N) is 4. The van der Waals surface area contributed by atoms with E-state index in [0.717, 1.165) is 9.54 Å². The van der Waals surface area contributed by atoms with Gasteiger partial charge in [-0.1, -0.05) is 26.0 Å². The molecule has 9 nitrogen and oxygen atoms in total. The summed E-state index contributed by atoms with van der Waals surface area (Å²) in [5.74, 6) is -0.0831. The first-order valence-electron chi connectivity index (χ1n) is 10.7. The van der Waals surface area contributed by atoms with Gasteiger partial charge < -0.3 is 9.80 Å². The van der Waals surface area contributed by atoms with Crippen molar-refractivity contribution in [3.63, 3.8) is 0 Å². The highest BCUT2D eigenvalue weighted by Crippen LogP contribution is 2.30. The third-order valence-electron chi connectivity index (χ3n) is 6.09. The zero-order valence-electron chi connectivity index (χ0n) is 18.8. The van der Waals surface area contributed by atoms with Crippen LogP contribution in [-0.2, 0) is 10.0 Å². The maximum absolute atomic E-state index is 13.5. The molecule has 0 N–H and O–H groups in total. The molecule has 1 aliphatic heterocycles. The van der Waals surface area contributed by atoms with E-state index in [4.69, 9.17) is 0 Å². The standard InChI is InChI=1S/C23H26N4O5S/c1-16(2)17-4-7-19(8-5-17)33(31,32)26-15-21(23(28)25-12-10-24(3)11-13-25)20-14-18(27(29)30)6-9-22(20)26/h4-9,14-16H,10-13H2,1-3H3. The lowest BCUT2D eigenvalue weighted by molar-refractivity contribution is -0.384. The molecule has 0 bridgehead atoms. The fraction of sp³-hybridized carbons (Fsp3) is 0.348. The van der Waals surface area contributed by atoms with Crippen LogP contribution < -0.4 is 0 Å². The van der Waals surface area contributed by atoms with Crippen LogP contribution in [0.3, 0.4) is 0 Å². The van der Waals surface area contributed by atoms with Crippen LogP contribution in [-0.4, -0.2) is 66.2 Å². The number of non-ortho nitro benzene ring substituents is 1. The molecule has 2 aromatic carbocycles. The van der Waals surface area contributed by atoms with E-state index in [9.17, 15) is 23.3 Å². The first-order valence-corrected chi connectivity index (χ1v) is 12.2. The van der Waals surface area contributed by atoms with Gasteiger partial charge in [0.2, 0.25) is 0 Å². The molecule has 1 fully saturated rings. The van der Waals surface area contributed by atoms with Gasteiger partial charge in [0, 0.05) is 49.9 Å². The average Bonchev–Trinajstić information content (AvgIpc) is 3.19. The summed E-state index contributed by atoms with van der Waals surface area (Å²) in [6, 6.07) is 10.5. The Morgan fingerprint density at radius 2 is 1.67 bits per heavy atom. The van der Waals surface area contributed by atoms with Crippen molar-refractivity contribution in [2.24, 2.45) is 0 Å². The summed E-state index contributed by atoms with van der Waals surface area (Å²) in [6.45, 7) is 6.44. The van der Waals surface area contributed by atoms with Crippen molar-refractivity contribution in [1.29, 1.82) is 0 Å². The van der Waals surface area contributed by atoms with Gasteiger partial charge in [0.1, 0.15) is 0 Å². The number of aromatic nitrogens is 1. The van der Waals surface area contributed by atoms with E-state index in [0.29, 0.717) is 26.2 Å².